The van der Waals surface area contributed by atoms with Gasteiger partial charge in [0.25, 0.3) is 0 Å². The van der Waals surface area contributed by atoms with Crippen molar-refractivity contribution < 1.29 is 9.18 Å². The van der Waals surface area contributed by atoms with Crippen molar-refractivity contribution in [3.63, 3.8) is 0 Å². The van der Waals surface area contributed by atoms with Crippen LogP contribution in [0.4, 0.5) is 4.39 Å². The molecule has 1 saturated heterocycles. The second-order valence-corrected chi connectivity index (χ2v) is 5.39. The molecule has 0 aromatic heterocycles. The molecule has 0 saturated carbocycles. The fourth-order valence-corrected chi connectivity index (χ4v) is 2.59. The number of carbonyl (C=O) groups excluding carboxylic acids is 1. The van der Waals surface area contributed by atoms with Crippen molar-refractivity contribution >= 4 is 5.91 Å². The van der Waals surface area contributed by atoms with Crippen molar-refractivity contribution in [2.24, 2.45) is 0 Å². The molecule has 0 bridgehead atoms. The number of amides is 1. The molecule has 0 spiro atoms. The number of hydrogen-bond donors (Lipinski definition) is 1. The maximum absolute atomic E-state index is 12.8. The molecule has 104 valence electrons. The first-order valence-corrected chi connectivity index (χ1v) is 6.83. The fraction of sp³-hybridized carbons (Fsp3) is 0.533. The zero-order valence-corrected chi connectivity index (χ0v) is 11.5. The van der Waals surface area contributed by atoms with Crippen LogP contribution >= 0.6 is 0 Å². The number of aryl methyl sites for hydroxylation is 1. The molecule has 0 aliphatic carbocycles. The van der Waals surface area contributed by atoms with Crippen LogP contribution in [-0.4, -0.2) is 36.0 Å². The van der Waals surface area contributed by atoms with Crippen molar-refractivity contribution in [3.8, 4) is 0 Å². The number of carbonyl (C=O) groups is 1. The topological polar surface area (TPSA) is 32.3 Å². The van der Waals surface area contributed by atoms with Gasteiger partial charge >= 0.3 is 0 Å². The van der Waals surface area contributed by atoms with Gasteiger partial charge in [-0.15, -0.1) is 0 Å². The summed E-state index contributed by atoms with van der Waals surface area (Å²) in [6.07, 6.45) is 1.16. The van der Waals surface area contributed by atoms with E-state index in [9.17, 15) is 9.18 Å². The molecule has 1 fully saturated rings. The van der Waals surface area contributed by atoms with E-state index in [4.69, 9.17) is 0 Å². The first kappa shape index (κ1) is 14.0. The fourth-order valence-electron chi connectivity index (χ4n) is 2.59. The standard InChI is InChI=1S/C15H21FN2O/c1-11-9-18(10-12(2)17-11)15(19)8-5-13-3-6-14(16)7-4-13/h3-4,6-7,11-12,17H,5,8-10H2,1-2H3/t11-,12-/m1/s1. The molecular weight excluding hydrogens is 243 g/mol. The summed E-state index contributed by atoms with van der Waals surface area (Å²) in [6.45, 7) is 5.73. The number of hydrogen-bond acceptors (Lipinski definition) is 2. The quantitative estimate of drug-likeness (QED) is 0.905. The Morgan fingerprint density at radius 3 is 2.42 bits per heavy atom. The third-order valence-corrected chi connectivity index (χ3v) is 3.45. The molecule has 3 nitrogen and oxygen atoms in total. The Morgan fingerprint density at radius 1 is 1.26 bits per heavy atom. The molecule has 1 aliphatic heterocycles. The summed E-state index contributed by atoms with van der Waals surface area (Å²) in [5.74, 6) is -0.0515. The van der Waals surface area contributed by atoms with Gasteiger partial charge in [0.1, 0.15) is 5.82 Å². The average molecular weight is 264 g/mol. The summed E-state index contributed by atoms with van der Waals surface area (Å²) in [5, 5.41) is 3.41. The van der Waals surface area contributed by atoms with Crippen molar-refractivity contribution in [1.29, 1.82) is 0 Å². The minimum absolute atomic E-state index is 0.185. The van der Waals surface area contributed by atoms with Gasteiger partial charge in [0.05, 0.1) is 0 Å². The second kappa shape index (κ2) is 6.15. The highest BCUT2D eigenvalue weighted by molar-refractivity contribution is 5.76. The largest absolute Gasteiger partial charge is 0.340 e. The van der Waals surface area contributed by atoms with Crippen LogP contribution in [0.2, 0.25) is 0 Å². The summed E-state index contributed by atoms with van der Waals surface area (Å²) in [7, 11) is 0. The zero-order valence-electron chi connectivity index (χ0n) is 11.5. The molecule has 19 heavy (non-hydrogen) atoms. The van der Waals surface area contributed by atoms with Crippen LogP contribution in [0.5, 0.6) is 0 Å². The molecule has 2 rings (SSSR count). The van der Waals surface area contributed by atoms with E-state index in [0.717, 1.165) is 18.7 Å². The Hall–Kier alpha value is -1.42. The predicted molar refractivity (Wildman–Crippen MR) is 73.4 cm³/mol. The van der Waals surface area contributed by atoms with Gasteiger partial charge in [0.15, 0.2) is 0 Å². The predicted octanol–water partition coefficient (Wildman–Crippen LogP) is 1.97. The first-order valence-electron chi connectivity index (χ1n) is 6.83. The molecular formula is C15H21FN2O. The van der Waals surface area contributed by atoms with Gasteiger partial charge in [0.2, 0.25) is 5.91 Å². The minimum Gasteiger partial charge on any atom is -0.340 e. The highest BCUT2D eigenvalue weighted by Crippen LogP contribution is 2.10. The highest BCUT2D eigenvalue weighted by Gasteiger charge is 2.24. The summed E-state index contributed by atoms with van der Waals surface area (Å²) in [5.41, 5.74) is 1.01. The van der Waals surface area contributed by atoms with E-state index in [1.165, 1.54) is 12.1 Å². The van der Waals surface area contributed by atoms with Crippen molar-refractivity contribution in [3.05, 3.63) is 35.6 Å². The number of nitrogens with zero attached hydrogens (tertiary/aromatic N) is 1. The van der Waals surface area contributed by atoms with E-state index in [1.54, 1.807) is 12.1 Å². The minimum atomic E-state index is -0.236. The molecule has 1 amide bonds. The van der Waals surface area contributed by atoms with Crippen LogP contribution < -0.4 is 5.32 Å². The van der Waals surface area contributed by atoms with Crippen LogP contribution in [0, 0.1) is 5.82 Å². The van der Waals surface area contributed by atoms with Crippen molar-refractivity contribution in [2.45, 2.75) is 38.8 Å². The van der Waals surface area contributed by atoms with E-state index < -0.39 is 0 Å². The maximum atomic E-state index is 12.8. The van der Waals surface area contributed by atoms with E-state index in [0.29, 0.717) is 24.9 Å². The lowest BCUT2D eigenvalue weighted by Crippen LogP contribution is -2.55. The van der Waals surface area contributed by atoms with E-state index in [-0.39, 0.29) is 11.7 Å². The van der Waals surface area contributed by atoms with Crippen LogP contribution in [0.15, 0.2) is 24.3 Å². The molecule has 0 radical (unpaired) electrons. The van der Waals surface area contributed by atoms with Gasteiger partial charge in [0, 0.05) is 31.6 Å². The van der Waals surface area contributed by atoms with Gasteiger partial charge in [-0.1, -0.05) is 12.1 Å². The maximum Gasteiger partial charge on any atom is 0.223 e. The molecule has 1 N–H and O–H groups in total. The summed E-state index contributed by atoms with van der Waals surface area (Å²) < 4.78 is 12.8. The number of halogens is 1. The first-order chi connectivity index (χ1) is 9.04. The number of nitrogens with one attached hydrogen (secondary N) is 1. The van der Waals surface area contributed by atoms with Gasteiger partial charge in [-0.05, 0) is 38.0 Å². The molecule has 2 atom stereocenters. The van der Waals surface area contributed by atoms with Crippen LogP contribution in [0.25, 0.3) is 0 Å². The van der Waals surface area contributed by atoms with Gasteiger partial charge < -0.3 is 10.2 Å². The Balaban J connectivity index is 1.85. The van der Waals surface area contributed by atoms with Crippen LogP contribution in [-0.2, 0) is 11.2 Å². The zero-order chi connectivity index (χ0) is 13.8. The lowest BCUT2D eigenvalue weighted by atomic mass is 10.1. The van der Waals surface area contributed by atoms with Gasteiger partial charge in [-0.3, -0.25) is 4.79 Å². The van der Waals surface area contributed by atoms with E-state index in [2.05, 4.69) is 19.2 Å². The monoisotopic (exact) mass is 264 g/mol. The molecule has 1 aromatic carbocycles. The van der Waals surface area contributed by atoms with Gasteiger partial charge in [-0.2, -0.15) is 0 Å². The van der Waals surface area contributed by atoms with Crippen molar-refractivity contribution in [2.75, 3.05) is 13.1 Å². The molecule has 1 heterocycles. The SMILES string of the molecule is C[C@@H]1CN(C(=O)CCc2ccc(F)cc2)C[C@@H](C)N1. The number of rotatable bonds is 3. The third-order valence-electron chi connectivity index (χ3n) is 3.45. The molecule has 0 unspecified atom stereocenters. The normalized spacial score (nSPS) is 23.4. The summed E-state index contributed by atoms with van der Waals surface area (Å²) in [6, 6.07) is 7.05. The summed E-state index contributed by atoms with van der Waals surface area (Å²) >= 11 is 0. The molecule has 1 aromatic rings. The lowest BCUT2D eigenvalue weighted by Gasteiger charge is -2.36. The summed E-state index contributed by atoms with van der Waals surface area (Å²) in [4.78, 5) is 14.1. The number of piperazine rings is 1. The number of benzene rings is 1. The van der Waals surface area contributed by atoms with Crippen LogP contribution in [0.3, 0.4) is 0 Å². The van der Waals surface area contributed by atoms with E-state index >= 15 is 0 Å². The Kier molecular flexibility index (Phi) is 4.53. The van der Waals surface area contributed by atoms with Gasteiger partial charge in [-0.25, -0.2) is 4.39 Å². The lowest BCUT2D eigenvalue weighted by molar-refractivity contribution is -0.132. The highest BCUT2D eigenvalue weighted by atomic mass is 19.1. The third kappa shape index (κ3) is 4.03. The van der Waals surface area contributed by atoms with Crippen LogP contribution in [0.1, 0.15) is 25.8 Å². The van der Waals surface area contributed by atoms with Crippen molar-refractivity contribution in [1.82, 2.24) is 10.2 Å². The Labute approximate surface area is 113 Å². The Morgan fingerprint density at radius 2 is 1.84 bits per heavy atom. The Bertz CT molecular complexity index is 422. The second-order valence-electron chi connectivity index (χ2n) is 5.39. The van der Waals surface area contributed by atoms with E-state index in [1.807, 2.05) is 4.90 Å². The molecule has 4 heteroatoms. The smallest absolute Gasteiger partial charge is 0.223 e. The average Bonchev–Trinajstić information content (AvgIpc) is 2.36. The molecule has 1 aliphatic rings.